The third-order valence-electron chi connectivity index (χ3n) is 4.89. The minimum Gasteiger partial charge on any atom is -0.457 e. The van der Waals surface area contributed by atoms with Crippen molar-refractivity contribution in [2.75, 3.05) is 19.8 Å². The second kappa shape index (κ2) is 9.66. The monoisotopic (exact) mass is 404 g/mol. The van der Waals surface area contributed by atoms with E-state index in [1.165, 1.54) is 16.0 Å². The number of thioether (sulfide) groups is 1. The standard InChI is InChI=1S/C25H28N2OS/c1-6-27(4)17-26-24-15-19(3)25(16-18(24)2)28-22-11-7-20(8-12-22)21-9-13-23(29-5)14-10-21/h7-17H,6H2,1-5H3. The van der Waals surface area contributed by atoms with E-state index in [2.05, 4.69) is 85.5 Å². The van der Waals surface area contributed by atoms with Gasteiger partial charge in [0.05, 0.1) is 12.0 Å². The predicted molar refractivity (Wildman–Crippen MR) is 126 cm³/mol. The number of nitrogens with zero attached hydrogens (tertiary/aromatic N) is 2. The normalized spacial score (nSPS) is 11.1. The quantitative estimate of drug-likeness (QED) is 0.239. The summed E-state index contributed by atoms with van der Waals surface area (Å²) in [6.07, 6.45) is 3.96. The van der Waals surface area contributed by atoms with Crippen molar-refractivity contribution in [1.29, 1.82) is 0 Å². The first-order valence-corrected chi connectivity index (χ1v) is 11.0. The Kier molecular flexibility index (Phi) is 6.99. The van der Waals surface area contributed by atoms with Crippen molar-refractivity contribution >= 4 is 23.8 Å². The summed E-state index contributed by atoms with van der Waals surface area (Å²) < 4.78 is 6.15. The molecule has 29 heavy (non-hydrogen) atoms. The van der Waals surface area contributed by atoms with Crippen molar-refractivity contribution in [2.45, 2.75) is 25.7 Å². The van der Waals surface area contributed by atoms with Crippen LogP contribution in [0.25, 0.3) is 11.1 Å². The van der Waals surface area contributed by atoms with Crippen LogP contribution in [0.3, 0.4) is 0 Å². The van der Waals surface area contributed by atoms with Crippen LogP contribution in [-0.4, -0.2) is 31.1 Å². The number of aryl methyl sites for hydroxylation is 2. The molecule has 3 aromatic rings. The van der Waals surface area contributed by atoms with Gasteiger partial charge in [-0.1, -0.05) is 24.3 Å². The molecule has 0 saturated heterocycles. The number of hydrogen-bond acceptors (Lipinski definition) is 3. The third-order valence-corrected chi connectivity index (χ3v) is 5.64. The van der Waals surface area contributed by atoms with Gasteiger partial charge in [-0.3, -0.25) is 0 Å². The molecule has 3 aromatic carbocycles. The molecule has 3 rings (SSSR count). The smallest absolute Gasteiger partial charge is 0.130 e. The molecule has 0 N–H and O–H groups in total. The van der Waals surface area contributed by atoms with Gasteiger partial charge >= 0.3 is 0 Å². The van der Waals surface area contributed by atoms with Gasteiger partial charge in [0.2, 0.25) is 0 Å². The van der Waals surface area contributed by atoms with Gasteiger partial charge in [-0.2, -0.15) is 0 Å². The molecule has 0 saturated carbocycles. The van der Waals surface area contributed by atoms with Crippen LogP contribution in [0.1, 0.15) is 18.1 Å². The highest BCUT2D eigenvalue weighted by atomic mass is 32.2. The maximum atomic E-state index is 6.15. The Balaban J connectivity index is 1.75. The zero-order chi connectivity index (χ0) is 20.8. The highest BCUT2D eigenvalue weighted by molar-refractivity contribution is 7.98. The lowest BCUT2D eigenvalue weighted by Gasteiger charge is -2.13. The van der Waals surface area contributed by atoms with Crippen LogP contribution in [0.15, 0.2) is 70.6 Å². The summed E-state index contributed by atoms with van der Waals surface area (Å²) in [6, 6.07) is 21.0. The van der Waals surface area contributed by atoms with Gasteiger partial charge in [0.25, 0.3) is 0 Å². The molecule has 0 aliphatic carbocycles. The molecule has 0 aliphatic rings. The number of rotatable bonds is 7. The lowest BCUT2D eigenvalue weighted by atomic mass is 10.1. The second-order valence-electron chi connectivity index (χ2n) is 7.08. The molecular formula is C25H28N2OS. The second-order valence-corrected chi connectivity index (χ2v) is 7.96. The first-order valence-electron chi connectivity index (χ1n) is 9.78. The van der Waals surface area contributed by atoms with E-state index < -0.39 is 0 Å². The Labute approximate surface area is 178 Å². The maximum absolute atomic E-state index is 6.15. The molecule has 0 unspecified atom stereocenters. The topological polar surface area (TPSA) is 24.8 Å². The summed E-state index contributed by atoms with van der Waals surface area (Å²) in [5.74, 6) is 1.70. The summed E-state index contributed by atoms with van der Waals surface area (Å²) >= 11 is 1.75. The number of hydrogen-bond donors (Lipinski definition) is 0. The van der Waals surface area contributed by atoms with Crippen molar-refractivity contribution in [1.82, 2.24) is 4.90 Å². The zero-order valence-corrected chi connectivity index (χ0v) is 18.6. The van der Waals surface area contributed by atoms with E-state index in [9.17, 15) is 0 Å². The van der Waals surface area contributed by atoms with Crippen molar-refractivity contribution in [3.8, 4) is 22.6 Å². The number of aliphatic imine (C=N–C) groups is 1. The summed E-state index contributed by atoms with van der Waals surface area (Å²) in [4.78, 5) is 7.91. The summed E-state index contributed by atoms with van der Waals surface area (Å²) in [6.45, 7) is 7.15. The van der Waals surface area contributed by atoms with Crippen LogP contribution in [-0.2, 0) is 0 Å². The highest BCUT2D eigenvalue weighted by Gasteiger charge is 2.07. The Hall–Kier alpha value is -2.72. The van der Waals surface area contributed by atoms with Gasteiger partial charge in [0, 0.05) is 18.5 Å². The van der Waals surface area contributed by atoms with Crippen LogP contribution >= 0.6 is 11.8 Å². The van der Waals surface area contributed by atoms with Crippen molar-refractivity contribution in [3.05, 3.63) is 71.8 Å². The van der Waals surface area contributed by atoms with Gasteiger partial charge in [0.1, 0.15) is 11.5 Å². The zero-order valence-electron chi connectivity index (χ0n) is 17.8. The van der Waals surface area contributed by atoms with Crippen LogP contribution < -0.4 is 4.74 Å². The van der Waals surface area contributed by atoms with E-state index >= 15 is 0 Å². The Morgan fingerprint density at radius 2 is 1.55 bits per heavy atom. The molecule has 0 spiro atoms. The minimum atomic E-state index is 0.832. The van der Waals surface area contributed by atoms with E-state index in [0.29, 0.717) is 0 Å². The molecule has 0 amide bonds. The predicted octanol–water partition coefficient (Wildman–Crippen LogP) is 7.10. The van der Waals surface area contributed by atoms with Crippen LogP contribution in [0.4, 0.5) is 5.69 Å². The molecular weight excluding hydrogens is 376 g/mol. The molecule has 0 heterocycles. The minimum absolute atomic E-state index is 0.832. The molecule has 0 atom stereocenters. The maximum Gasteiger partial charge on any atom is 0.130 e. The van der Waals surface area contributed by atoms with Crippen molar-refractivity contribution in [2.24, 2.45) is 4.99 Å². The van der Waals surface area contributed by atoms with Crippen LogP contribution in [0.2, 0.25) is 0 Å². The fraction of sp³-hybridized carbons (Fsp3) is 0.240. The van der Waals surface area contributed by atoms with E-state index in [1.807, 2.05) is 25.5 Å². The first-order chi connectivity index (χ1) is 14.0. The average Bonchev–Trinajstić information content (AvgIpc) is 2.75. The Morgan fingerprint density at radius 1 is 0.931 bits per heavy atom. The van der Waals surface area contributed by atoms with Crippen LogP contribution in [0, 0.1) is 13.8 Å². The van der Waals surface area contributed by atoms with E-state index in [0.717, 1.165) is 34.9 Å². The van der Waals surface area contributed by atoms with Gasteiger partial charge in [0.15, 0.2) is 0 Å². The van der Waals surface area contributed by atoms with Crippen molar-refractivity contribution < 1.29 is 4.74 Å². The largest absolute Gasteiger partial charge is 0.457 e. The van der Waals surface area contributed by atoms with E-state index in [-0.39, 0.29) is 0 Å². The van der Waals surface area contributed by atoms with E-state index in [4.69, 9.17) is 4.74 Å². The van der Waals surface area contributed by atoms with Gasteiger partial charge < -0.3 is 9.64 Å². The van der Waals surface area contributed by atoms with Gasteiger partial charge in [-0.15, -0.1) is 11.8 Å². The molecule has 0 bridgehead atoms. The first kappa shape index (κ1) is 21.0. The molecule has 150 valence electrons. The summed E-state index contributed by atoms with van der Waals surface area (Å²) in [5.41, 5.74) is 5.53. The molecule has 0 aliphatic heterocycles. The van der Waals surface area contributed by atoms with Gasteiger partial charge in [-0.05, 0) is 85.7 Å². The number of benzene rings is 3. The highest BCUT2D eigenvalue weighted by Crippen LogP contribution is 2.32. The molecule has 3 nitrogen and oxygen atoms in total. The Morgan fingerprint density at radius 3 is 2.14 bits per heavy atom. The molecule has 0 fully saturated rings. The van der Waals surface area contributed by atoms with Crippen LogP contribution in [0.5, 0.6) is 11.5 Å². The third kappa shape index (κ3) is 5.42. The lowest BCUT2D eigenvalue weighted by Crippen LogP contribution is -2.14. The van der Waals surface area contributed by atoms with Crippen molar-refractivity contribution in [3.63, 3.8) is 0 Å². The molecule has 0 aromatic heterocycles. The SMILES string of the molecule is CCN(C)C=Nc1cc(C)c(Oc2ccc(-c3ccc(SC)cc3)cc2)cc1C. The fourth-order valence-electron chi connectivity index (χ4n) is 2.89. The summed E-state index contributed by atoms with van der Waals surface area (Å²) in [5, 5.41) is 0. The van der Waals surface area contributed by atoms with Gasteiger partial charge in [-0.25, -0.2) is 4.99 Å². The average molecular weight is 405 g/mol. The molecule has 4 heteroatoms. The van der Waals surface area contributed by atoms with E-state index in [1.54, 1.807) is 11.8 Å². The molecule has 0 radical (unpaired) electrons. The lowest BCUT2D eigenvalue weighted by molar-refractivity contribution is 0.478. The Bertz CT molecular complexity index is 979. The number of ether oxygens (including phenoxy) is 1. The fourth-order valence-corrected chi connectivity index (χ4v) is 3.30. The summed E-state index contributed by atoms with van der Waals surface area (Å²) in [7, 11) is 2.02.